The number of anilines is 1. The molecule has 1 aliphatic rings. The second-order valence-electron chi connectivity index (χ2n) is 5.14. The zero-order valence-corrected chi connectivity index (χ0v) is 11.2. The number of benzene rings is 1. The summed E-state index contributed by atoms with van der Waals surface area (Å²) in [5.41, 5.74) is 7.04. The van der Waals surface area contributed by atoms with Crippen molar-refractivity contribution >= 4 is 5.69 Å². The smallest absolute Gasteiger partial charge is 0.146 e. The first-order valence-corrected chi connectivity index (χ1v) is 6.51. The van der Waals surface area contributed by atoms with E-state index >= 15 is 0 Å². The summed E-state index contributed by atoms with van der Waals surface area (Å²) >= 11 is 0. The number of rotatable bonds is 3. The van der Waals surface area contributed by atoms with E-state index in [-0.39, 0.29) is 5.82 Å². The Morgan fingerprint density at radius 1 is 1.39 bits per heavy atom. The molecule has 0 aromatic heterocycles. The first kappa shape index (κ1) is 13.3. The van der Waals surface area contributed by atoms with Crippen LogP contribution in [0, 0.1) is 5.82 Å². The van der Waals surface area contributed by atoms with Gasteiger partial charge < -0.3 is 15.5 Å². The highest BCUT2D eigenvalue weighted by Crippen LogP contribution is 2.25. The molecule has 0 aliphatic carbocycles. The second kappa shape index (κ2) is 5.67. The van der Waals surface area contributed by atoms with Gasteiger partial charge in [0.25, 0.3) is 0 Å². The summed E-state index contributed by atoms with van der Waals surface area (Å²) in [5, 5.41) is 0. The van der Waals surface area contributed by atoms with E-state index in [0.29, 0.717) is 18.3 Å². The van der Waals surface area contributed by atoms with Gasteiger partial charge in [-0.2, -0.15) is 0 Å². The van der Waals surface area contributed by atoms with E-state index in [1.807, 2.05) is 19.2 Å². The maximum atomic E-state index is 14.0. The van der Waals surface area contributed by atoms with E-state index in [4.69, 9.17) is 5.73 Å². The summed E-state index contributed by atoms with van der Waals surface area (Å²) in [6.07, 6.45) is 2.18. The third-order valence-corrected chi connectivity index (χ3v) is 3.86. The Balaban J connectivity index is 2.11. The molecular weight excluding hydrogens is 229 g/mol. The van der Waals surface area contributed by atoms with Crippen molar-refractivity contribution in [1.82, 2.24) is 4.90 Å². The lowest BCUT2D eigenvalue weighted by Crippen LogP contribution is -2.42. The van der Waals surface area contributed by atoms with E-state index in [1.54, 1.807) is 6.07 Å². The number of likely N-dealkylation sites (tertiary alicyclic amines) is 1. The molecule has 0 amide bonds. The Morgan fingerprint density at radius 2 is 2.06 bits per heavy atom. The molecule has 18 heavy (non-hydrogen) atoms. The molecule has 1 aromatic rings. The van der Waals surface area contributed by atoms with Crippen molar-refractivity contribution in [3.05, 3.63) is 29.6 Å². The number of piperidine rings is 1. The molecule has 1 aromatic carbocycles. The fourth-order valence-corrected chi connectivity index (χ4v) is 2.54. The van der Waals surface area contributed by atoms with Gasteiger partial charge in [0, 0.05) is 19.6 Å². The topological polar surface area (TPSA) is 32.5 Å². The summed E-state index contributed by atoms with van der Waals surface area (Å²) in [6.45, 7) is 2.55. The third-order valence-electron chi connectivity index (χ3n) is 3.86. The summed E-state index contributed by atoms with van der Waals surface area (Å²) in [5.74, 6) is -0.167. The van der Waals surface area contributed by atoms with Crippen LogP contribution in [0.2, 0.25) is 0 Å². The molecule has 1 saturated heterocycles. The number of halogens is 1. The molecule has 0 spiro atoms. The Kier molecular flexibility index (Phi) is 4.19. The highest BCUT2D eigenvalue weighted by atomic mass is 19.1. The highest BCUT2D eigenvalue weighted by molar-refractivity contribution is 5.49. The standard InChI is InChI=1S/C14H22FN3/c1-17-7-5-12(6-8-17)18(2)14-4-3-11(10-16)9-13(14)15/h3-4,9,12H,5-8,10,16H2,1-2H3. The number of hydrogen-bond donors (Lipinski definition) is 1. The quantitative estimate of drug-likeness (QED) is 0.889. The van der Waals surface area contributed by atoms with Gasteiger partial charge in [-0.15, -0.1) is 0 Å². The molecule has 2 N–H and O–H groups in total. The Morgan fingerprint density at radius 3 is 2.61 bits per heavy atom. The van der Waals surface area contributed by atoms with Gasteiger partial charge in [-0.25, -0.2) is 4.39 Å². The fourth-order valence-electron chi connectivity index (χ4n) is 2.54. The van der Waals surface area contributed by atoms with Crippen molar-refractivity contribution in [2.75, 3.05) is 32.1 Å². The van der Waals surface area contributed by atoms with Crippen LogP contribution >= 0.6 is 0 Å². The van der Waals surface area contributed by atoms with Gasteiger partial charge in [0.2, 0.25) is 0 Å². The van der Waals surface area contributed by atoms with Crippen LogP contribution in [-0.2, 0) is 6.54 Å². The minimum atomic E-state index is -0.167. The van der Waals surface area contributed by atoms with Crippen molar-refractivity contribution < 1.29 is 4.39 Å². The maximum absolute atomic E-state index is 14.0. The zero-order chi connectivity index (χ0) is 13.1. The molecule has 0 radical (unpaired) electrons. The predicted octanol–water partition coefficient (Wildman–Crippen LogP) is 1.81. The van der Waals surface area contributed by atoms with Gasteiger partial charge in [-0.3, -0.25) is 0 Å². The molecule has 0 unspecified atom stereocenters. The minimum absolute atomic E-state index is 0.167. The number of nitrogens with two attached hydrogens (primary N) is 1. The summed E-state index contributed by atoms with van der Waals surface area (Å²) < 4.78 is 14.0. The number of hydrogen-bond acceptors (Lipinski definition) is 3. The van der Waals surface area contributed by atoms with Gasteiger partial charge in [0.05, 0.1) is 5.69 Å². The third kappa shape index (κ3) is 2.82. The van der Waals surface area contributed by atoms with E-state index in [9.17, 15) is 4.39 Å². The Hall–Kier alpha value is -1.13. The average Bonchev–Trinajstić information content (AvgIpc) is 2.38. The van der Waals surface area contributed by atoms with Crippen LogP contribution < -0.4 is 10.6 Å². The molecule has 2 rings (SSSR count). The minimum Gasteiger partial charge on any atom is -0.369 e. The van der Waals surface area contributed by atoms with Crippen LogP contribution in [-0.4, -0.2) is 38.1 Å². The molecule has 0 saturated carbocycles. The van der Waals surface area contributed by atoms with Crippen LogP contribution in [0.1, 0.15) is 18.4 Å². The lowest BCUT2D eigenvalue weighted by Gasteiger charge is -2.36. The van der Waals surface area contributed by atoms with E-state index < -0.39 is 0 Å². The monoisotopic (exact) mass is 251 g/mol. The van der Waals surface area contributed by atoms with Crippen LogP contribution in [0.5, 0.6) is 0 Å². The summed E-state index contributed by atoms with van der Waals surface area (Å²) in [6, 6.07) is 5.72. The molecular formula is C14H22FN3. The number of nitrogens with zero attached hydrogens (tertiary/aromatic N) is 2. The van der Waals surface area contributed by atoms with E-state index in [1.165, 1.54) is 0 Å². The van der Waals surface area contributed by atoms with E-state index in [0.717, 1.165) is 31.5 Å². The van der Waals surface area contributed by atoms with Crippen LogP contribution in [0.4, 0.5) is 10.1 Å². The van der Waals surface area contributed by atoms with Crippen molar-refractivity contribution in [3.8, 4) is 0 Å². The van der Waals surface area contributed by atoms with Crippen LogP contribution in [0.25, 0.3) is 0 Å². The predicted molar refractivity (Wildman–Crippen MR) is 73.2 cm³/mol. The summed E-state index contributed by atoms with van der Waals surface area (Å²) in [4.78, 5) is 4.39. The molecule has 100 valence electrons. The second-order valence-corrected chi connectivity index (χ2v) is 5.14. The Labute approximate surface area is 108 Å². The van der Waals surface area contributed by atoms with Crippen molar-refractivity contribution in [2.45, 2.75) is 25.4 Å². The molecule has 0 atom stereocenters. The van der Waals surface area contributed by atoms with Crippen LogP contribution in [0.15, 0.2) is 18.2 Å². The SMILES string of the molecule is CN1CCC(N(C)c2ccc(CN)cc2F)CC1. The van der Waals surface area contributed by atoms with Crippen molar-refractivity contribution in [2.24, 2.45) is 5.73 Å². The molecule has 0 bridgehead atoms. The molecule has 4 heteroatoms. The van der Waals surface area contributed by atoms with Gasteiger partial charge in [0.1, 0.15) is 5.82 Å². The van der Waals surface area contributed by atoms with Crippen molar-refractivity contribution in [3.63, 3.8) is 0 Å². The highest BCUT2D eigenvalue weighted by Gasteiger charge is 2.22. The Bertz CT molecular complexity index is 400. The van der Waals surface area contributed by atoms with Gasteiger partial charge in [0.15, 0.2) is 0 Å². The first-order chi connectivity index (χ1) is 8.61. The first-order valence-electron chi connectivity index (χ1n) is 6.51. The van der Waals surface area contributed by atoms with Crippen molar-refractivity contribution in [1.29, 1.82) is 0 Å². The fraction of sp³-hybridized carbons (Fsp3) is 0.571. The zero-order valence-electron chi connectivity index (χ0n) is 11.2. The van der Waals surface area contributed by atoms with Gasteiger partial charge in [-0.1, -0.05) is 6.07 Å². The molecule has 1 fully saturated rings. The lowest BCUT2D eigenvalue weighted by atomic mass is 10.0. The van der Waals surface area contributed by atoms with E-state index in [2.05, 4.69) is 16.8 Å². The lowest BCUT2D eigenvalue weighted by molar-refractivity contribution is 0.252. The normalized spacial score (nSPS) is 18.0. The van der Waals surface area contributed by atoms with Gasteiger partial charge >= 0.3 is 0 Å². The van der Waals surface area contributed by atoms with Crippen LogP contribution in [0.3, 0.4) is 0 Å². The summed E-state index contributed by atoms with van der Waals surface area (Å²) in [7, 11) is 4.11. The molecule has 1 aliphatic heterocycles. The maximum Gasteiger partial charge on any atom is 0.146 e. The van der Waals surface area contributed by atoms with Gasteiger partial charge in [-0.05, 0) is 50.7 Å². The molecule has 3 nitrogen and oxygen atoms in total. The largest absolute Gasteiger partial charge is 0.369 e. The molecule has 1 heterocycles. The average molecular weight is 251 g/mol.